The largest absolute Gasteiger partial charge is 0.308 e. The van der Waals surface area contributed by atoms with Crippen molar-refractivity contribution in [2.24, 2.45) is 0 Å². The Morgan fingerprint density at radius 2 is 1.69 bits per heavy atom. The molecule has 0 radical (unpaired) electrons. The van der Waals surface area contributed by atoms with Crippen LogP contribution in [-0.2, 0) is 12.3 Å². The second-order valence-electron chi connectivity index (χ2n) is 4.84. The summed E-state index contributed by atoms with van der Waals surface area (Å²) in [6, 6.07) is 8.91. The molecule has 1 aromatic rings. The van der Waals surface area contributed by atoms with Crippen molar-refractivity contribution in [1.29, 1.82) is 0 Å². The van der Waals surface area contributed by atoms with E-state index in [-0.39, 0.29) is 5.54 Å². The van der Waals surface area contributed by atoms with Crippen molar-refractivity contribution in [1.82, 2.24) is 5.32 Å². The lowest BCUT2D eigenvalue weighted by molar-refractivity contribution is 0.374. The van der Waals surface area contributed by atoms with Gasteiger partial charge in [-0.05, 0) is 37.7 Å². The normalized spacial score (nSPS) is 11.8. The maximum Gasteiger partial charge on any atom is 0.0210 e. The molecule has 0 unspecified atom stereocenters. The van der Waals surface area contributed by atoms with Crippen LogP contribution in [0.15, 0.2) is 24.3 Å². The highest BCUT2D eigenvalue weighted by molar-refractivity contribution is 7.97. The third-order valence-corrected chi connectivity index (χ3v) is 3.61. The van der Waals surface area contributed by atoms with Gasteiger partial charge in [-0.2, -0.15) is 11.8 Å². The summed E-state index contributed by atoms with van der Waals surface area (Å²) in [6.45, 7) is 7.67. The minimum absolute atomic E-state index is 0.234. The molecular formula is C14H23NS. The molecule has 2 heteroatoms. The molecule has 0 saturated carbocycles. The average molecular weight is 237 g/mol. The van der Waals surface area contributed by atoms with Gasteiger partial charge in [0, 0.05) is 17.8 Å². The first-order chi connectivity index (χ1) is 7.57. The third kappa shape index (κ3) is 4.58. The molecule has 0 heterocycles. The van der Waals surface area contributed by atoms with Gasteiger partial charge >= 0.3 is 0 Å². The lowest BCUT2D eigenvalue weighted by atomic mass is 10.0. The van der Waals surface area contributed by atoms with Crippen molar-refractivity contribution in [3.63, 3.8) is 0 Å². The fourth-order valence-corrected chi connectivity index (χ4v) is 1.91. The molecule has 0 amide bonds. The van der Waals surface area contributed by atoms with Gasteiger partial charge < -0.3 is 5.32 Å². The molecule has 0 aromatic heterocycles. The van der Waals surface area contributed by atoms with E-state index in [0.717, 1.165) is 18.7 Å². The van der Waals surface area contributed by atoms with E-state index < -0.39 is 0 Å². The molecule has 1 rings (SSSR count). The predicted octanol–water partition coefficient (Wildman–Crippen LogP) is 3.83. The van der Waals surface area contributed by atoms with Crippen LogP contribution in [0.4, 0.5) is 0 Å². The Hall–Kier alpha value is -0.470. The van der Waals surface area contributed by atoms with E-state index in [2.05, 4.69) is 56.6 Å². The second-order valence-corrected chi connectivity index (χ2v) is 5.71. The van der Waals surface area contributed by atoms with Crippen LogP contribution in [0.5, 0.6) is 0 Å². The molecule has 0 atom stereocenters. The molecule has 0 aliphatic rings. The first kappa shape index (κ1) is 13.6. The summed E-state index contributed by atoms with van der Waals surface area (Å²) in [5.74, 6) is 1.11. The molecule has 1 aromatic carbocycles. The second kappa shape index (κ2) is 6.31. The number of hydrogen-bond acceptors (Lipinski definition) is 2. The van der Waals surface area contributed by atoms with E-state index in [1.807, 2.05) is 11.8 Å². The number of thioether (sulfide) groups is 1. The molecule has 0 aliphatic heterocycles. The van der Waals surface area contributed by atoms with Crippen molar-refractivity contribution in [3.8, 4) is 0 Å². The number of hydrogen-bond donors (Lipinski definition) is 1. The van der Waals surface area contributed by atoms with Crippen LogP contribution in [0.25, 0.3) is 0 Å². The molecule has 0 saturated heterocycles. The Morgan fingerprint density at radius 1 is 1.12 bits per heavy atom. The van der Waals surface area contributed by atoms with Crippen LogP contribution in [0.2, 0.25) is 0 Å². The van der Waals surface area contributed by atoms with Gasteiger partial charge in [0.05, 0.1) is 0 Å². The van der Waals surface area contributed by atoms with E-state index >= 15 is 0 Å². The lowest BCUT2D eigenvalue weighted by Gasteiger charge is -2.24. The van der Waals surface area contributed by atoms with Gasteiger partial charge in [0.1, 0.15) is 0 Å². The zero-order chi connectivity index (χ0) is 12.0. The van der Waals surface area contributed by atoms with Gasteiger partial charge in [-0.25, -0.2) is 0 Å². The van der Waals surface area contributed by atoms with Crippen molar-refractivity contribution in [2.75, 3.05) is 6.26 Å². The molecule has 0 fully saturated rings. The number of rotatable bonds is 6. The summed E-state index contributed by atoms with van der Waals surface area (Å²) in [6.07, 6.45) is 3.29. The fourth-order valence-electron chi connectivity index (χ4n) is 1.39. The van der Waals surface area contributed by atoms with Crippen LogP contribution < -0.4 is 5.32 Å². The molecule has 1 nitrogen and oxygen atoms in total. The molecule has 0 aliphatic carbocycles. The lowest BCUT2D eigenvalue weighted by Crippen LogP contribution is -2.37. The SMILES string of the molecule is CCC(C)(C)NCc1ccc(CSC)cc1. The van der Waals surface area contributed by atoms with Crippen LogP contribution >= 0.6 is 11.8 Å². The smallest absolute Gasteiger partial charge is 0.0210 e. The highest BCUT2D eigenvalue weighted by atomic mass is 32.2. The average Bonchev–Trinajstić information content (AvgIpc) is 2.29. The minimum Gasteiger partial charge on any atom is -0.308 e. The maximum absolute atomic E-state index is 3.57. The first-order valence-electron chi connectivity index (χ1n) is 5.89. The Kier molecular flexibility index (Phi) is 5.36. The summed E-state index contributed by atoms with van der Waals surface area (Å²) in [5, 5.41) is 3.57. The van der Waals surface area contributed by atoms with Crippen LogP contribution in [-0.4, -0.2) is 11.8 Å². The topological polar surface area (TPSA) is 12.0 Å². The molecular weight excluding hydrogens is 214 g/mol. The fraction of sp³-hybridized carbons (Fsp3) is 0.571. The van der Waals surface area contributed by atoms with E-state index in [1.165, 1.54) is 11.1 Å². The predicted molar refractivity (Wildman–Crippen MR) is 74.9 cm³/mol. The maximum atomic E-state index is 3.57. The highest BCUT2D eigenvalue weighted by Crippen LogP contribution is 2.12. The van der Waals surface area contributed by atoms with E-state index in [9.17, 15) is 0 Å². The van der Waals surface area contributed by atoms with Crippen LogP contribution in [0, 0.1) is 0 Å². The molecule has 0 spiro atoms. The Morgan fingerprint density at radius 3 is 2.19 bits per heavy atom. The molecule has 16 heavy (non-hydrogen) atoms. The number of nitrogens with one attached hydrogen (secondary N) is 1. The zero-order valence-corrected chi connectivity index (χ0v) is 11.7. The molecule has 90 valence electrons. The summed E-state index contributed by atoms with van der Waals surface area (Å²) in [7, 11) is 0. The van der Waals surface area contributed by atoms with Gasteiger partial charge in [-0.1, -0.05) is 31.2 Å². The third-order valence-electron chi connectivity index (χ3n) is 2.99. The van der Waals surface area contributed by atoms with Crippen LogP contribution in [0.1, 0.15) is 38.3 Å². The summed E-state index contributed by atoms with van der Waals surface area (Å²) in [4.78, 5) is 0. The summed E-state index contributed by atoms with van der Waals surface area (Å²) >= 11 is 1.87. The minimum atomic E-state index is 0.234. The van der Waals surface area contributed by atoms with Gasteiger partial charge in [-0.3, -0.25) is 0 Å². The first-order valence-corrected chi connectivity index (χ1v) is 7.28. The monoisotopic (exact) mass is 237 g/mol. The van der Waals surface area contributed by atoms with Gasteiger partial charge in [0.15, 0.2) is 0 Å². The highest BCUT2D eigenvalue weighted by Gasteiger charge is 2.12. The van der Waals surface area contributed by atoms with Crippen LogP contribution in [0.3, 0.4) is 0 Å². The van der Waals surface area contributed by atoms with Crippen molar-refractivity contribution in [2.45, 2.75) is 45.0 Å². The van der Waals surface area contributed by atoms with Gasteiger partial charge in [-0.15, -0.1) is 0 Å². The van der Waals surface area contributed by atoms with Crippen molar-refractivity contribution < 1.29 is 0 Å². The Labute approximate surface area is 104 Å². The van der Waals surface area contributed by atoms with Crippen molar-refractivity contribution in [3.05, 3.63) is 35.4 Å². The Balaban J connectivity index is 2.49. The summed E-state index contributed by atoms with van der Waals surface area (Å²) < 4.78 is 0. The summed E-state index contributed by atoms with van der Waals surface area (Å²) in [5.41, 5.74) is 3.01. The molecule has 1 N–H and O–H groups in total. The number of benzene rings is 1. The van der Waals surface area contributed by atoms with Gasteiger partial charge in [0.2, 0.25) is 0 Å². The van der Waals surface area contributed by atoms with E-state index in [1.54, 1.807) is 0 Å². The quantitative estimate of drug-likeness (QED) is 0.807. The van der Waals surface area contributed by atoms with E-state index in [0.29, 0.717) is 0 Å². The molecule has 0 bridgehead atoms. The van der Waals surface area contributed by atoms with E-state index in [4.69, 9.17) is 0 Å². The standard InChI is InChI=1S/C14H23NS/c1-5-14(2,3)15-10-12-6-8-13(9-7-12)11-16-4/h6-9,15H,5,10-11H2,1-4H3. The van der Waals surface area contributed by atoms with Crippen molar-refractivity contribution >= 4 is 11.8 Å². The Bertz CT molecular complexity index is 303. The zero-order valence-electron chi connectivity index (χ0n) is 10.8. The van der Waals surface area contributed by atoms with Gasteiger partial charge in [0.25, 0.3) is 0 Å².